The number of carbonyl (C=O) groups is 1. The summed E-state index contributed by atoms with van der Waals surface area (Å²) in [4.78, 5) is 21.1. The van der Waals surface area contributed by atoms with Gasteiger partial charge in [-0.25, -0.2) is 13.2 Å². The molecule has 0 saturated heterocycles. The van der Waals surface area contributed by atoms with Gasteiger partial charge < -0.3 is 15.5 Å². The lowest BCUT2D eigenvalue weighted by Gasteiger charge is -2.22. The number of aromatic nitrogens is 1. The average Bonchev–Trinajstić information content (AvgIpc) is 3.23. The number of nitrogens with zero attached hydrogens (tertiary/aromatic N) is 2. The van der Waals surface area contributed by atoms with Gasteiger partial charge in [-0.1, -0.05) is 24.3 Å². The van der Waals surface area contributed by atoms with Gasteiger partial charge in [0.2, 0.25) is 0 Å². The molecule has 4 rings (SSSR count). The molecule has 3 N–H and O–H groups in total. The maximum absolute atomic E-state index is 15.3. The first-order valence-electron chi connectivity index (χ1n) is 10.4. The first kappa shape index (κ1) is 23.3. The zero-order valence-corrected chi connectivity index (χ0v) is 17.8. The minimum atomic E-state index is -1.34. The average molecular weight is 467 g/mol. The van der Waals surface area contributed by atoms with Crippen LogP contribution in [0, 0.1) is 11.6 Å². The van der Waals surface area contributed by atoms with Gasteiger partial charge in [-0.05, 0) is 42.0 Å². The number of hydrogen-bond donors (Lipinski definition) is 3. The van der Waals surface area contributed by atoms with Crippen LogP contribution in [-0.2, 0) is 0 Å². The van der Waals surface area contributed by atoms with Crippen LogP contribution in [0.3, 0.4) is 0 Å². The molecule has 0 saturated carbocycles. The summed E-state index contributed by atoms with van der Waals surface area (Å²) < 4.78 is 43.4. The maximum atomic E-state index is 15.3. The molecule has 0 spiro atoms. The molecule has 3 aromatic rings. The summed E-state index contributed by atoms with van der Waals surface area (Å²) in [5.41, 5.74) is -0.158. The summed E-state index contributed by atoms with van der Waals surface area (Å²) in [6.07, 6.45) is 0.114. The number of nitrogens with one attached hydrogen (secondary N) is 1. The zero-order valence-electron chi connectivity index (χ0n) is 17.8. The smallest absolute Gasteiger partial charge is 0.252 e. The van der Waals surface area contributed by atoms with Gasteiger partial charge in [0.1, 0.15) is 23.5 Å². The normalized spacial score (nSPS) is 15.1. The Balaban J connectivity index is 1.64. The third kappa shape index (κ3) is 4.61. The van der Waals surface area contributed by atoms with Crippen molar-refractivity contribution in [1.29, 1.82) is 0 Å². The van der Waals surface area contributed by atoms with Crippen LogP contribution in [0.4, 0.5) is 13.2 Å². The van der Waals surface area contributed by atoms with Gasteiger partial charge in [0, 0.05) is 11.8 Å². The van der Waals surface area contributed by atoms with Crippen LogP contribution in [-0.4, -0.2) is 46.0 Å². The Kier molecular flexibility index (Phi) is 6.85. The SMILES string of the molecule is O=C(N[C@@H](CO)C(O)c1ccccn1)c1cccc(F)c1C1=NCC(c2ccc(F)cc2)=C1F. The summed E-state index contributed by atoms with van der Waals surface area (Å²) in [5, 5.41) is 22.7. The standard InChI is InChI=1S/C25H20F3N3O3/c26-15-9-7-14(8-10-15)17-12-30-23(22(17)28)21-16(4-3-5-18(21)27)25(34)31-20(13-32)24(33)19-6-1-2-11-29-19/h1-11,20,24,32-33H,12-13H2,(H,31,34)/t20-,24?/m0/s1. The van der Waals surface area contributed by atoms with E-state index in [0.717, 1.165) is 6.07 Å². The molecule has 34 heavy (non-hydrogen) atoms. The van der Waals surface area contributed by atoms with Gasteiger partial charge in [0.15, 0.2) is 5.83 Å². The lowest BCUT2D eigenvalue weighted by molar-refractivity contribution is 0.0688. The lowest BCUT2D eigenvalue weighted by Crippen LogP contribution is -2.42. The molecule has 1 amide bonds. The number of allylic oxidation sites excluding steroid dienone is 1. The molecule has 1 unspecified atom stereocenters. The van der Waals surface area contributed by atoms with Gasteiger partial charge in [0.05, 0.1) is 36.0 Å². The van der Waals surface area contributed by atoms with Crippen LogP contribution < -0.4 is 5.32 Å². The maximum Gasteiger partial charge on any atom is 0.252 e. The number of benzene rings is 2. The predicted molar refractivity (Wildman–Crippen MR) is 120 cm³/mol. The van der Waals surface area contributed by atoms with Crippen molar-refractivity contribution in [2.75, 3.05) is 13.2 Å². The fourth-order valence-electron chi connectivity index (χ4n) is 3.68. The highest BCUT2D eigenvalue weighted by atomic mass is 19.1. The highest BCUT2D eigenvalue weighted by Crippen LogP contribution is 2.31. The number of carbonyl (C=O) groups excluding carboxylic acids is 1. The van der Waals surface area contributed by atoms with Crippen molar-refractivity contribution in [3.63, 3.8) is 0 Å². The van der Waals surface area contributed by atoms with E-state index in [-0.39, 0.29) is 34.7 Å². The molecule has 0 aliphatic carbocycles. The van der Waals surface area contributed by atoms with Crippen LogP contribution in [0.15, 0.2) is 77.7 Å². The number of aliphatic hydroxyl groups excluding tert-OH is 2. The number of halogens is 3. The summed E-state index contributed by atoms with van der Waals surface area (Å²) in [7, 11) is 0. The Morgan fingerprint density at radius 2 is 1.79 bits per heavy atom. The Morgan fingerprint density at radius 3 is 2.47 bits per heavy atom. The Morgan fingerprint density at radius 1 is 1.03 bits per heavy atom. The summed E-state index contributed by atoms with van der Waals surface area (Å²) in [5.74, 6) is -3.01. The van der Waals surface area contributed by atoms with E-state index in [4.69, 9.17) is 0 Å². The molecular formula is C25H20F3N3O3. The molecule has 0 radical (unpaired) electrons. The second kappa shape index (κ2) is 9.98. The first-order chi connectivity index (χ1) is 16.4. The van der Waals surface area contributed by atoms with Gasteiger partial charge in [-0.15, -0.1) is 0 Å². The Hall–Kier alpha value is -3.82. The number of pyridine rings is 1. The molecule has 6 nitrogen and oxygen atoms in total. The van der Waals surface area contributed by atoms with E-state index < -0.39 is 42.1 Å². The van der Waals surface area contributed by atoms with Crippen molar-refractivity contribution >= 4 is 17.2 Å². The Labute approximate surface area is 193 Å². The molecular weight excluding hydrogens is 447 g/mol. The highest BCUT2D eigenvalue weighted by molar-refractivity contribution is 6.21. The van der Waals surface area contributed by atoms with Crippen molar-refractivity contribution in [3.8, 4) is 0 Å². The fraction of sp³-hybridized carbons (Fsp3) is 0.160. The molecule has 0 fully saturated rings. The minimum Gasteiger partial charge on any atom is -0.394 e. The fourth-order valence-corrected chi connectivity index (χ4v) is 3.68. The summed E-state index contributed by atoms with van der Waals surface area (Å²) in [6, 6.07) is 12.4. The third-order valence-electron chi connectivity index (χ3n) is 5.44. The van der Waals surface area contributed by atoms with Crippen molar-refractivity contribution in [1.82, 2.24) is 10.3 Å². The molecule has 1 aliphatic rings. The van der Waals surface area contributed by atoms with E-state index in [1.54, 1.807) is 12.1 Å². The molecule has 2 atom stereocenters. The first-order valence-corrected chi connectivity index (χ1v) is 10.4. The van der Waals surface area contributed by atoms with Crippen LogP contribution in [0.5, 0.6) is 0 Å². The number of aliphatic hydroxyl groups is 2. The van der Waals surface area contributed by atoms with Crippen molar-refractivity contribution in [2.24, 2.45) is 4.99 Å². The minimum absolute atomic E-state index is 0.111. The zero-order chi connectivity index (χ0) is 24.2. The van der Waals surface area contributed by atoms with E-state index in [0.29, 0.717) is 5.56 Å². The number of rotatable bonds is 7. The summed E-state index contributed by atoms with van der Waals surface area (Å²) >= 11 is 0. The quantitative estimate of drug-likeness (QED) is 0.497. The summed E-state index contributed by atoms with van der Waals surface area (Å²) in [6.45, 7) is -0.738. The van der Waals surface area contributed by atoms with Crippen LogP contribution in [0.2, 0.25) is 0 Å². The molecule has 2 aromatic carbocycles. The monoisotopic (exact) mass is 467 g/mol. The highest BCUT2D eigenvalue weighted by Gasteiger charge is 2.30. The van der Waals surface area contributed by atoms with Crippen LogP contribution in [0.1, 0.15) is 33.3 Å². The molecule has 2 heterocycles. The molecule has 9 heteroatoms. The molecule has 174 valence electrons. The van der Waals surface area contributed by atoms with Crippen molar-refractivity contribution in [3.05, 3.63) is 107 Å². The van der Waals surface area contributed by atoms with Crippen LogP contribution in [0.25, 0.3) is 5.57 Å². The van der Waals surface area contributed by atoms with E-state index in [1.807, 2.05) is 0 Å². The second-order valence-electron chi connectivity index (χ2n) is 7.59. The lowest BCUT2D eigenvalue weighted by atomic mass is 9.98. The topological polar surface area (TPSA) is 94.8 Å². The largest absolute Gasteiger partial charge is 0.394 e. The molecule has 1 aromatic heterocycles. The molecule has 0 bridgehead atoms. The van der Waals surface area contributed by atoms with Crippen molar-refractivity contribution < 1.29 is 28.2 Å². The van der Waals surface area contributed by atoms with Gasteiger partial charge in [-0.3, -0.25) is 14.8 Å². The van der Waals surface area contributed by atoms with Gasteiger partial charge >= 0.3 is 0 Å². The third-order valence-corrected chi connectivity index (χ3v) is 5.44. The van der Waals surface area contributed by atoms with E-state index >= 15 is 4.39 Å². The van der Waals surface area contributed by atoms with E-state index in [2.05, 4.69) is 15.3 Å². The number of aliphatic imine (C=N–C) groups is 1. The van der Waals surface area contributed by atoms with Gasteiger partial charge in [0.25, 0.3) is 5.91 Å². The van der Waals surface area contributed by atoms with Gasteiger partial charge in [-0.2, -0.15) is 0 Å². The molecule has 1 aliphatic heterocycles. The number of amides is 1. The second-order valence-corrected chi connectivity index (χ2v) is 7.59. The number of hydrogen-bond acceptors (Lipinski definition) is 5. The predicted octanol–water partition coefficient (Wildman–Crippen LogP) is 3.37. The van der Waals surface area contributed by atoms with E-state index in [9.17, 15) is 23.8 Å². The Bertz CT molecular complexity index is 1260. The van der Waals surface area contributed by atoms with Crippen LogP contribution >= 0.6 is 0 Å². The van der Waals surface area contributed by atoms with Crippen molar-refractivity contribution in [2.45, 2.75) is 12.1 Å². The van der Waals surface area contributed by atoms with E-state index in [1.165, 1.54) is 48.7 Å².